The lowest BCUT2D eigenvalue weighted by atomic mass is 10.0. The fourth-order valence-electron chi connectivity index (χ4n) is 4.90. The van der Waals surface area contributed by atoms with Crippen LogP contribution >= 0.6 is 0 Å². The molecule has 0 bridgehead atoms. The van der Waals surface area contributed by atoms with Crippen molar-refractivity contribution < 1.29 is 31.5 Å². The van der Waals surface area contributed by atoms with E-state index in [2.05, 4.69) is 15.7 Å². The molecule has 2 unspecified atom stereocenters. The van der Waals surface area contributed by atoms with Crippen LogP contribution in [0.2, 0.25) is 0 Å². The summed E-state index contributed by atoms with van der Waals surface area (Å²) < 4.78 is 58.5. The normalized spacial score (nSPS) is 17.9. The molecular formula is C30H30F2N4O5S. The van der Waals surface area contributed by atoms with Crippen LogP contribution in [0.1, 0.15) is 42.3 Å². The van der Waals surface area contributed by atoms with Gasteiger partial charge >= 0.3 is 5.92 Å². The van der Waals surface area contributed by atoms with Gasteiger partial charge in [0.2, 0.25) is 0 Å². The smallest absolute Gasteiger partial charge is 0.321 e. The SMILES string of the molecule is C[C@H](NC(=O)C(C)(F)F)C(Oc1ccc2c(cnn2-c2cccc(C(=O)NC3CCS(=O)(=O)C3)c2)c1)c1ccccc1. The molecule has 4 aromatic rings. The first-order valence-corrected chi connectivity index (χ1v) is 15.2. The summed E-state index contributed by atoms with van der Waals surface area (Å²) in [5.74, 6) is -4.83. The van der Waals surface area contributed by atoms with Crippen molar-refractivity contribution in [2.45, 2.75) is 44.4 Å². The van der Waals surface area contributed by atoms with E-state index in [0.717, 1.165) is 10.9 Å². The molecule has 0 spiro atoms. The Morgan fingerprint density at radius 3 is 2.52 bits per heavy atom. The maximum atomic E-state index is 13.6. The molecule has 0 radical (unpaired) electrons. The minimum Gasteiger partial charge on any atom is -0.484 e. The molecule has 1 aromatic heterocycles. The van der Waals surface area contributed by atoms with E-state index in [4.69, 9.17) is 4.74 Å². The topological polar surface area (TPSA) is 119 Å². The largest absolute Gasteiger partial charge is 0.484 e. The molecule has 5 rings (SSSR count). The zero-order chi connectivity index (χ0) is 30.1. The molecule has 1 aliphatic heterocycles. The highest BCUT2D eigenvalue weighted by atomic mass is 32.2. The first kappa shape index (κ1) is 29.2. The number of nitrogens with one attached hydrogen (secondary N) is 2. The summed E-state index contributed by atoms with van der Waals surface area (Å²) in [6, 6.07) is 19.9. The summed E-state index contributed by atoms with van der Waals surface area (Å²) in [5, 5.41) is 10.3. The molecule has 2 amide bonds. The van der Waals surface area contributed by atoms with E-state index in [1.54, 1.807) is 84.5 Å². The number of ether oxygens (including phenoxy) is 1. The van der Waals surface area contributed by atoms with Crippen molar-refractivity contribution in [1.29, 1.82) is 0 Å². The quantitative estimate of drug-likeness (QED) is 0.299. The third-order valence-electron chi connectivity index (χ3n) is 7.06. The summed E-state index contributed by atoms with van der Waals surface area (Å²) in [4.78, 5) is 24.8. The van der Waals surface area contributed by atoms with Gasteiger partial charge in [0, 0.05) is 23.9 Å². The summed E-state index contributed by atoms with van der Waals surface area (Å²) in [6.45, 7) is 2.15. The molecule has 220 valence electrons. The van der Waals surface area contributed by atoms with Crippen molar-refractivity contribution >= 4 is 32.6 Å². The molecule has 1 saturated heterocycles. The van der Waals surface area contributed by atoms with Crippen LogP contribution < -0.4 is 15.4 Å². The first-order chi connectivity index (χ1) is 19.9. The van der Waals surface area contributed by atoms with Crippen LogP contribution in [0.4, 0.5) is 8.78 Å². The third kappa shape index (κ3) is 6.59. The second-order valence-electron chi connectivity index (χ2n) is 10.5. The summed E-state index contributed by atoms with van der Waals surface area (Å²) in [5.41, 5.74) is 2.43. The molecular weight excluding hydrogens is 566 g/mol. The minimum atomic E-state index is -3.53. The van der Waals surface area contributed by atoms with Crippen molar-refractivity contribution in [2.24, 2.45) is 0 Å². The van der Waals surface area contributed by atoms with Gasteiger partial charge in [0.25, 0.3) is 11.8 Å². The van der Waals surface area contributed by atoms with Crippen LogP contribution in [0, 0.1) is 0 Å². The molecule has 1 aliphatic rings. The van der Waals surface area contributed by atoms with Crippen LogP contribution in [0.25, 0.3) is 16.6 Å². The number of rotatable bonds is 9. The number of carbonyl (C=O) groups excluding carboxylic acids is 2. The molecule has 2 heterocycles. The van der Waals surface area contributed by atoms with Crippen LogP contribution in [-0.4, -0.2) is 59.5 Å². The lowest BCUT2D eigenvalue weighted by Crippen LogP contribution is -2.46. The van der Waals surface area contributed by atoms with Crippen molar-refractivity contribution in [2.75, 3.05) is 11.5 Å². The minimum absolute atomic E-state index is 0.0615. The number of alkyl halides is 2. The number of carbonyl (C=O) groups is 2. The predicted octanol–water partition coefficient (Wildman–Crippen LogP) is 4.22. The van der Waals surface area contributed by atoms with E-state index in [9.17, 15) is 26.8 Å². The molecule has 3 atom stereocenters. The van der Waals surface area contributed by atoms with Crippen molar-refractivity contribution in [3.05, 3.63) is 90.1 Å². The predicted molar refractivity (Wildman–Crippen MR) is 154 cm³/mol. The van der Waals surface area contributed by atoms with E-state index >= 15 is 0 Å². The van der Waals surface area contributed by atoms with Gasteiger partial charge in [-0.3, -0.25) is 9.59 Å². The maximum Gasteiger partial charge on any atom is 0.321 e. The molecule has 3 aromatic carbocycles. The molecule has 1 fully saturated rings. The zero-order valence-corrected chi connectivity index (χ0v) is 23.8. The van der Waals surface area contributed by atoms with E-state index in [-0.39, 0.29) is 17.4 Å². The van der Waals surface area contributed by atoms with Gasteiger partial charge in [-0.25, -0.2) is 13.1 Å². The first-order valence-electron chi connectivity index (χ1n) is 13.4. The average Bonchev–Trinajstić information content (AvgIpc) is 3.53. The zero-order valence-electron chi connectivity index (χ0n) is 23.0. The lowest BCUT2D eigenvalue weighted by Gasteiger charge is -2.27. The van der Waals surface area contributed by atoms with E-state index in [0.29, 0.717) is 35.9 Å². The van der Waals surface area contributed by atoms with Gasteiger partial charge in [0.05, 0.1) is 34.9 Å². The standard InChI is InChI=1S/C30H30F2N4O5S/c1-19(34-29(38)30(2,31)32)27(20-7-4-3-5-8-20)41-25-11-12-26-22(16-25)17-33-36(26)24-10-6-9-21(15-24)28(37)35-23-13-14-42(39,40)18-23/h3-12,15-17,19,23,27H,13-14,18H2,1-2H3,(H,34,38)(H,35,37)/t19-,23?,27?/m0/s1. The number of sulfone groups is 1. The summed E-state index contributed by atoms with van der Waals surface area (Å²) >= 11 is 0. The summed E-state index contributed by atoms with van der Waals surface area (Å²) in [7, 11) is -3.12. The number of hydrogen-bond acceptors (Lipinski definition) is 6. The van der Waals surface area contributed by atoms with Gasteiger partial charge in [-0.1, -0.05) is 36.4 Å². The molecule has 0 aliphatic carbocycles. The average molecular weight is 597 g/mol. The highest BCUT2D eigenvalue weighted by Crippen LogP contribution is 2.29. The molecule has 42 heavy (non-hydrogen) atoms. The van der Waals surface area contributed by atoms with Crippen molar-refractivity contribution in [3.8, 4) is 11.4 Å². The van der Waals surface area contributed by atoms with E-state index in [1.807, 2.05) is 6.07 Å². The van der Waals surface area contributed by atoms with Gasteiger partial charge < -0.3 is 15.4 Å². The lowest BCUT2D eigenvalue weighted by molar-refractivity contribution is -0.144. The highest BCUT2D eigenvalue weighted by molar-refractivity contribution is 7.91. The van der Waals surface area contributed by atoms with Crippen molar-refractivity contribution in [1.82, 2.24) is 20.4 Å². The van der Waals surface area contributed by atoms with E-state index < -0.39 is 39.9 Å². The Morgan fingerprint density at radius 1 is 1.07 bits per heavy atom. The highest BCUT2D eigenvalue weighted by Gasteiger charge is 2.35. The van der Waals surface area contributed by atoms with Crippen LogP contribution in [0.15, 0.2) is 79.0 Å². The third-order valence-corrected chi connectivity index (χ3v) is 8.83. The molecule has 0 saturated carbocycles. The summed E-state index contributed by atoms with van der Waals surface area (Å²) in [6.07, 6.45) is 1.28. The number of amides is 2. The maximum absolute atomic E-state index is 13.6. The van der Waals surface area contributed by atoms with Crippen molar-refractivity contribution in [3.63, 3.8) is 0 Å². The second-order valence-corrected chi connectivity index (χ2v) is 12.7. The van der Waals surface area contributed by atoms with Gasteiger partial charge in [0.15, 0.2) is 9.84 Å². The Bertz CT molecular complexity index is 1720. The van der Waals surface area contributed by atoms with Gasteiger partial charge in [-0.2, -0.15) is 13.9 Å². The second kappa shape index (κ2) is 11.5. The van der Waals surface area contributed by atoms with Gasteiger partial charge in [-0.15, -0.1) is 0 Å². The monoisotopic (exact) mass is 596 g/mol. The number of fused-ring (bicyclic) bond motifs is 1. The van der Waals surface area contributed by atoms with E-state index in [1.165, 1.54) is 0 Å². The fourth-order valence-corrected chi connectivity index (χ4v) is 6.58. The number of halogens is 2. The van der Waals surface area contributed by atoms with Gasteiger partial charge in [0.1, 0.15) is 11.9 Å². The number of hydrogen-bond donors (Lipinski definition) is 2. The molecule has 9 nitrogen and oxygen atoms in total. The fraction of sp³-hybridized carbons (Fsp3) is 0.300. The molecule has 2 N–H and O–H groups in total. The van der Waals surface area contributed by atoms with Crippen LogP contribution in [-0.2, 0) is 14.6 Å². The van der Waals surface area contributed by atoms with Crippen LogP contribution in [0.3, 0.4) is 0 Å². The Balaban J connectivity index is 1.36. The number of aromatic nitrogens is 2. The van der Waals surface area contributed by atoms with Gasteiger partial charge in [-0.05, 0) is 55.3 Å². The number of benzene rings is 3. The Labute approximate surface area is 241 Å². The molecule has 12 heteroatoms. The van der Waals surface area contributed by atoms with Crippen LogP contribution in [0.5, 0.6) is 5.75 Å². The Hall–Kier alpha value is -4.32. The number of nitrogens with zero attached hydrogens (tertiary/aromatic N) is 2. The Morgan fingerprint density at radius 2 is 1.83 bits per heavy atom. The Kier molecular flexibility index (Phi) is 8.00.